The number of rotatable bonds is 7. The molecule has 0 aromatic heterocycles. The number of allylic oxidation sites excluding steroid dienone is 3. The summed E-state index contributed by atoms with van der Waals surface area (Å²) in [6, 6.07) is 17.8. The summed E-state index contributed by atoms with van der Waals surface area (Å²) in [4.78, 5) is 24.0. The van der Waals surface area contributed by atoms with E-state index >= 15 is 0 Å². The number of carboxylic acid groups (broad SMARTS) is 1. The van der Waals surface area contributed by atoms with Crippen molar-refractivity contribution in [2.75, 3.05) is 7.11 Å². The highest BCUT2D eigenvalue weighted by atomic mass is 16.5. The van der Waals surface area contributed by atoms with E-state index in [1.165, 1.54) is 83.7 Å². The van der Waals surface area contributed by atoms with Crippen molar-refractivity contribution in [3.63, 3.8) is 0 Å². The highest BCUT2D eigenvalue weighted by Crippen LogP contribution is 2.50. The molecule has 4 aliphatic carbocycles. The van der Waals surface area contributed by atoms with Crippen LogP contribution >= 0.6 is 0 Å². The standard InChI is InChI=1S/C42H46O4/c1-24-5-7-29(8-6-24)41-36(23-40(43)44)25(2)17-34-20-33(22-38(34)41)31-15-16-35-26(3)18-37(39(35)21-31)28-11-9-27(10-12-28)30-13-14-32(19-30)42(45)46-4/h5-8,15-18,20-21,26-28,30,32H,9-14,19,22-23H2,1-4H3,(H,43,44)/t26?,27?,28?,30-,32?/m1/s1. The third kappa shape index (κ3) is 5.65. The van der Waals surface area contributed by atoms with Gasteiger partial charge in [0.1, 0.15) is 0 Å². The molecule has 2 fully saturated rings. The third-order valence-corrected chi connectivity index (χ3v) is 11.7. The van der Waals surface area contributed by atoms with Gasteiger partial charge in [-0.1, -0.05) is 67.1 Å². The van der Waals surface area contributed by atoms with Crippen LogP contribution < -0.4 is 0 Å². The van der Waals surface area contributed by atoms with Crippen molar-refractivity contribution in [3.8, 4) is 11.1 Å². The Morgan fingerprint density at radius 3 is 2.33 bits per heavy atom. The maximum Gasteiger partial charge on any atom is 0.308 e. The number of hydrogen-bond donors (Lipinski definition) is 1. The molecule has 0 saturated heterocycles. The van der Waals surface area contributed by atoms with Gasteiger partial charge in [0, 0.05) is 5.92 Å². The first kappa shape index (κ1) is 30.7. The van der Waals surface area contributed by atoms with Crippen LogP contribution in [0.3, 0.4) is 0 Å². The average Bonchev–Trinajstić information content (AvgIpc) is 3.79. The lowest BCUT2D eigenvalue weighted by atomic mass is 9.72. The second kappa shape index (κ2) is 12.4. The van der Waals surface area contributed by atoms with E-state index in [4.69, 9.17) is 4.74 Å². The molecule has 4 aliphatic rings. The molecule has 4 nitrogen and oxygen atoms in total. The van der Waals surface area contributed by atoms with Crippen molar-refractivity contribution >= 4 is 29.2 Å². The molecule has 3 atom stereocenters. The molecule has 0 spiro atoms. The Morgan fingerprint density at radius 1 is 0.891 bits per heavy atom. The summed E-state index contributed by atoms with van der Waals surface area (Å²) >= 11 is 0. The van der Waals surface area contributed by atoms with Gasteiger partial charge in [-0.3, -0.25) is 9.59 Å². The summed E-state index contributed by atoms with van der Waals surface area (Å²) in [5.74, 6) is 1.71. The molecule has 0 radical (unpaired) electrons. The Hall–Kier alpha value is -3.92. The molecule has 0 bridgehead atoms. The summed E-state index contributed by atoms with van der Waals surface area (Å²) in [5, 5.41) is 9.80. The molecule has 3 aromatic rings. The Bertz CT molecular complexity index is 1750. The van der Waals surface area contributed by atoms with Crippen LogP contribution in [0.4, 0.5) is 0 Å². The number of esters is 1. The molecule has 3 aromatic carbocycles. The molecule has 46 heavy (non-hydrogen) atoms. The Labute approximate surface area is 273 Å². The van der Waals surface area contributed by atoms with E-state index in [-0.39, 0.29) is 18.3 Å². The molecule has 2 saturated carbocycles. The number of aliphatic carboxylic acids is 1. The van der Waals surface area contributed by atoms with Crippen LogP contribution in [-0.2, 0) is 27.2 Å². The lowest BCUT2D eigenvalue weighted by molar-refractivity contribution is -0.145. The highest BCUT2D eigenvalue weighted by Gasteiger charge is 2.38. The molecule has 0 amide bonds. The van der Waals surface area contributed by atoms with Crippen molar-refractivity contribution < 1.29 is 19.4 Å². The molecule has 4 heteroatoms. The van der Waals surface area contributed by atoms with Crippen LogP contribution in [0.1, 0.15) is 102 Å². The number of aryl methyl sites for hydroxylation is 2. The number of fused-ring (bicyclic) bond motifs is 2. The fourth-order valence-corrected chi connectivity index (χ4v) is 9.25. The summed E-state index contributed by atoms with van der Waals surface area (Å²) in [5.41, 5.74) is 14.8. The van der Waals surface area contributed by atoms with Crippen molar-refractivity contribution in [2.24, 2.45) is 23.7 Å². The first-order valence-electron chi connectivity index (χ1n) is 17.3. The number of carbonyl (C=O) groups excluding carboxylic acids is 1. The Kier molecular flexibility index (Phi) is 8.25. The van der Waals surface area contributed by atoms with Gasteiger partial charge in [0.25, 0.3) is 0 Å². The molecular weight excluding hydrogens is 568 g/mol. The molecule has 238 valence electrons. The summed E-state index contributed by atoms with van der Waals surface area (Å²) < 4.78 is 5.04. The number of benzene rings is 3. The first-order valence-corrected chi connectivity index (χ1v) is 17.3. The maximum atomic E-state index is 12.1. The molecule has 1 N–H and O–H groups in total. The van der Waals surface area contributed by atoms with Crippen molar-refractivity contribution in [3.05, 3.63) is 99.1 Å². The monoisotopic (exact) mass is 614 g/mol. The fourth-order valence-electron chi connectivity index (χ4n) is 9.25. The van der Waals surface area contributed by atoms with Gasteiger partial charge in [0.05, 0.1) is 19.4 Å². The maximum absolute atomic E-state index is 12.1. The van der Waals surface area contributed by atoms with Gasteiger partial charge >= 0.3 is 11.9 Å². The minimum Gasteiger partial charge on any atom is -0.481 e. The van der Waals surface area contributed by atoms with E-state index in [0.29, 0.717) is 17.8 Å². The highest BCUT2D eigenvalue weighted by molar-refractivity contribution is 5.95. The van der Waals surface area contributed by atoms with Crippen molar-refractivity contribution in [2.45, 2.75) is 84.5 Å². The second-order valence-corrected chi connectivity index (χ2v) is 14.5. The molecule has 0 heterocycles. The van der Waals surface area contributed by atoms with Gasteiger partial charge in [-0.05, 0) is 150 Å². The van der Waals surface area contributed by atoms with E-state index in [0.717, 1.165) is 47.4 Å². The Balaban J connectivity index is 1.13. The zero-order valence-electron chi connectivity index (χ0n) is 27.7. The molecule has 2 unspecified atom stereocenters. The largest absolute Gasteiger partial charge is 0.481 e. The minimum atomic E-state index is -0.794. The van der Waals surface area contributed by atoms with Crippen LogP contribution in [0, 0.1) is 37.5 Å². The molecule has 0 aliphatic heterocycles. The van der Waals surface area contributed by atoms with Gasteiger partial charge in [0.15, 0.2) is 0 Å². The average molecular weight is 615 g/mol. The van der Waals surface area contributed by atoms with E-state index in [9.17, 15) is 14.7 Å². The van der Waals surface area contributed by atoms with Crippen LogP contribution in [0.2, 0.25) is 0 Å². The van der Waals surface area contributed by atoms with Crippen LogP contribution in [0.5, 0.6) is 0 Å². The van der Waals surface area contributed by atoms with Crippen molar-refractivity contribution in [1.82, 2.24) is 0 Å². The zero-order chi connectivity index (χ0) is 32.1. The van der Waals surface area contributed by atoms with E-state index in [1.807, 2.05) is 0 Å². The van der Waals surface area contributed by atoms with Crippen LogP contribution in [0.25, 0.3) is 28.3 Å². The predicted molar refractivity (Wildman–Crippen MR) is 185 cm³/mol. The van der Waals surface area contributed by atoms with E-state index in [1.54, 1.807) is 0 Å². The molecule has 7 rings (SSSR count). The van der Waals surface area contributed by atoms with Crippen LogP contribution in [-0.4, -0.2) is 24.2 Å². The lowest BCUT2D eigenvalue weighted by Crippen LogP contribution is -2.22. The normalized spacial score (nSPS) is 25.1. The predicted octanol–water partition coefficient (Wildman–Crippen LogP) is 9.59. The smallest absolute Gasteiger partial charge is 0.308 e. The van der Waals surface area contributed by atoms with Crippen molar-refractivity contribution in [1.29, 1.82) is 0 Å². The number of carboxylic acids is 1. The molecular formula is C42H46O4. The topological polar surface area (TPSA) is 63.6 Å². The third-order valence-electron chi connectivity index (χ3n) is 11.7. The first-order chi connectivity index (χ1) is 22.2. The van der Waals surface area contributed by atoms with Crippen LogP contribution in [0.15, 0.2) is 54.6 Å². The van der Waals surface area contributed by atoms with Gasteiger partial charge in [-0.25, -0.2) is 0 Å². The number of carbonyl (C=O) groups is 2. The van der Waals surface area contributed by atoms with Gasteiger partial charge < -0.3 is 9.84 Å². The quantitative estimate of drug-likeness (QED) is 0.269. The number of methoxy groups -OCH3 is 1. The number of hydrogen-bond acceptors (Lipinski definition) is 3. The van der Waals surface area contributed by atoms with Gasteiger partial charge in [-0.15, -0.1) is 0 Å². The van der Waals surface area contributed by atoms with Gasteiger partial charge in [0.2, 0.25) is 0 Å². The summed E-state index contributed by atoms with van der Waals surface area (Å²) in [6.07, 6.45) is 13.8. The van der Waals surface area contributed by atoms with E-state index < -0.39 is 5.97 Å². The van der Waals surface area contributed by atoms with E-state index in [2.05, 4.69) is 81.5 Å². The summed E-state index contributed by atoms with van der Waals surface area (Å²) in [7, 11) is 1.52. The fraction of sp³-hybridized carbons (Fsp3) is 0.429. The zero-order valence-corrected chi connectivity index (χ0v) is 27.7. The minimum absolute atomic E-state index is 0.0172. The van der Waals surface area contributed by atoms with Gasteiger partial charge in [-0.2, -0.15) is 0 Å². The lowest BCUT2D eigenvalue weighted by Gasteiger charge is -2.33. The second-order valence-electron chi connectivity index (χ2n) is 14.5. The number of ether oxygens (including phenoxy) is 1. The Morgan fingerprint density at radius 2 is 1.61 bits per heavy atom. The summed E-state index contributed by atoms with van der Waals surface area (Å²) in [6.45, 7) is 6.46. The SMILES string of the molecule is COC(=O)C1CC[C@@H](C2CCC(C3=CC(C)c4ccc(C5=Cc6cc(C)c(CC(=O)O)c(-c7ccc(C)cc7)c6C5)cc43)CC2)C1.